The molecule has 0 radical (unpaired) electrons. The molecule has 0 spiro atoms. The fourth-order valence-corrected chi connectivity index (χ4v) is 5.03. The van der Waals surface area contributed by atoms with Gasteiger partial charge in [0.15, 0.2) is 5.69 Å². The van der Waals surface area contributed by atoms with Crippen LogP contribution in [0.1, 0.15) is 53.1 Å². The second-order valence-corrected chi connectivity index (χ2v) is 8.60. The van der Waals surface area contributed by atoms with E-state index in [1.54, 1.807) is 0 Å². The summed E-state index contributed by atoms with van der Waals surface area (Å²) in [5.41, 5.74) is 1.78. The predicted octanol–water partition coefficient (Wildman–Crippen LogP) is 4.05. The van der Waals surface area contributed by atoms with Crippen LogP contribution in [0.15, 0.2) is 65.5 Å². The summed E-state index contributed by atoms with van der Waals surface area (Å²) in [6.45, 7) is 0.918. The van der Waals surface area contributed by atoms with E-state index >= 15 is 0 Å². The number of ether oxygens (including phenoxy) is 2. The molecule has 0 atom stereocenters. The molecule has 0 unspecified atom stereocenters. The molecule has 2 heterocycles. The minimum atomic E-state index is -0.528. The number of aromatic nitrogens is 2. The number of rotatable bonds is 6. The maximum atomic E-state index is 13.0. The van der Waals surface area contributed by atoms with Crippen molar-refractivity contribution in [2.24, 2.45) is 0 Å². The van der Waals surface area contributed by atoms with Crippen LogP contribution in [0.3, 0.4) is 0 Å². The van der Waals surface area contributed by atoms with Gasteiger partial charge in [-0.3, -0.25) is 4.79 Å². The van der Waals surface area contributed by atoms with Crippen LogP contribution >= 0.6 is 0 Å². The Morgan fingerprint density at radius 1 is 0.969 bits per heavy atom. The van der Waals surface area contributed by atoms with Gasteiger partial charge in [-0.1, -0.05) is 73.5 Å². The zero-order valence-electron chi connectivity index (χ0n) is 18.0. The van der Waals surface area contributed by atoms with Gasteiger partial charge in [0.1, 0.15) is 19.0 Å². The lowest BCUT2D eigenvalue weighted by Crippen LogP contribution is -2.36. The first-order chi connectivity index (χ1) is 15.7. The molecule has 1 aliphatic carbocycles. The van der Waals surface area contributed by atoms with Crippen molar-refractivity contribution >= 4 is 5.97 Å². The number of carbonyl (C=O) groups excluding carboxylic acids is 1. The summed E-state index contributed by atoms with van der Waals surface area (Å²) in [6.07, 6.45) is 4.99. The molecule has 5 rings (SSSR count). The Hall–Kier alpha value is -3.41. The zero-order chi connectivity index (χ0) is 22.0. The molecule has 1 fully saturated rings. The SMILES string of the molecule is O=C1OCCn2c(CC3(c4ccccc4)CCCC3)nc(=O)c(OCc3ccccc3)c21. The molecule has 164 valence electrons. The van der Waals surface area contributed by atoms with Gasteiger partial charge in [-0.15, -0.1) is 0 Å². The normalized spacial score (nSPS) is 16.9. The van der Waals surface area contributed by atoms with E-state index < -0.39 is 11.5 Å². The van der Waals surface area contributed by atoms with E-state index in [4.69, 9.17) is 9.47 Å². The third kappa shape index (κ3) is 3.81. The van der Waals surface area contributed by atoms with Crippen molar-refractivity contribution in [1.29, 1.82) is 0 Å². The van der Waals surface area contributed by atoms with Gasteiger partial charge in [-0.25, -0.2) is 4.79 Å². The van der Waals surface area contributed by atoms with Crippen molar-refractivity contribution in [1.82, 2.24) is 9.55 Å². The fourth-order valence-electron chi connectivity index (χ4n) is 5.03. The van der Waals surface area contributed by atoms with Crippen molar-refractivity contribution in [2.45, 2.75) is 50.7 Å². The van der Waals surface area contributed by atoms with Gasteiger partial charge in [0, 0.05) is 11.8 Å². The van der Waals surface area contributed by atoms with Crippen LogP contribution in [0.2, 0.25) is 0 Å². The third-order valence-corrected chi connectivity index (χ3v) is 6.63. The van der Waals surface area contributed by atoms with Gasteiger partial charge in [0.25, 0.3) is 0 Å². The number of esters is 1. The van der Waals surface area contributed by atoms with Gasteiger partial charge in [-0.2, -0.15) is 4.98 Å². The van der Waals surface area contributed by atoms with E-state index in [2.05, 4.69) is 29.2 Å². The lowest BCUT2D eigenvalue weighted by atomic mass is 9.76. The summed E-state index contributed by atoms with van der Waals surface area (Å²) in [7, 11) is 0. The van der Waals surface area contributed by atoms with Crippen LogP contribution in [0, 0.1) is 0 Å². The van der Waals surface area contributed by atoms with E-state index in [0.717, 1.165) is 31.2 Å². The maximum Gasteiger partial charge on any atom is 0.359 e. The molecule has 0 bridgehead atoms. The van der Waals surface area contributed by atoms with Crippen LogP contribution in [0.4, 0.5) is 0 Å². The molecule has 32 heavy (non-hydrogen) atoms. The highest BCUT2D eigenvalue weighted by Gasteiger charge is 2.38. The fraction of sp³-hybridized carbons (Fsp3) is 0.346. The molecule has 0 amide bonds. The van der Waals surface area contributed by atoms with Gasteiger partial charge in [-0.05, 0) is 24.0 Å². The Morgan fingerprint density at radius 3 is 2.38 bits per heavy atom. The average molecular weight is 431 g/mol. The van der Waals surface area contributed by atoms with Gasteiger partial charge in [0.05, 0.1) is 6.54 Å². The van der Waals surface area contributed by atoms with Crippen molar-refractivity contribution in [3.8, 4) is 5.75 Å². The van der Waals surface area contributed by atoms with E-state index in [-0.39, 0.29) is 30.1 Å². The maximum absolute atomic E-state index is 13.0. The molecule has 0 N–H and O–H groups in total. The molecular formula is C26H26N2O4. The number of benzene rings is 2. The van der Waals surface area contributed by atoms with E-state index in [1.165, 1.54) is 5.56 Å². The molecule has 1 saturated carbocycles. The second kappa shape index (κ2) is 8.61. The first-order valence-electron chi connectivity index (χ1n) is 11.2. The molecule has 1 aliphatic heterocycles. The number of fused-ring (bicyclic) bond motifs is 1. The molecule has 6 nitrogen and oxygen atoms in total. The summed E-state index contributed by atoms with van der Waals surface area (Å²) in [5, 5.41) is 0. The first kappa shape index (κ1) is 20.5. The van der Waals surface area contributed by atoms with Gasteiger partial charge < -0.3 is 14.0 Å². The lowest BCUT2D eigenvalue weighted by molar-refractivity contribution is 0.0403. The lowest BCUT2D eigenvalue weighted by Gasteiger charge is -2.32. The van der Waals surface area contributed by atoms with Crippen LogP contribution in [0.25, 0.3) is 0 Å². The van der Waals surface area contributed by atoms with Crippen LogP contribution in [0.5, 0.6) is 5.75 Å². The highest BCUT2D eigenvalue weighted by Crippen LogP contribution is 2.43. The smallest absolute Gasteiger partial charge is 0.359 e. The van der Waals surface area contributed by atoms with Crippen molar-refractivity contribution in [2.75, 3.05) is 6.61 Å². The Labute approximate surface area is 186 Å². The summed E-state index contributed by atoms with van der Waals surface area (Å²) in [5.74, 6) is 0.0854. The number of cyclic esters (lactones) is 1. The quantitative estimate of drug-likeness (QED) is 0.552. The van der Waals surface area contributed by atoms with Crippen molar-refractivity contribution < 1.29 is 14.3 Å². The van der Waals surface area contributed by atoms with E-state index in [9.17, 15) is 9.59 Å². The highest BCUT2D eigenvalue weighted by atomic mass is 16.5. The summed E-state index contributed by atoms with van der Waals surface area (Å²) in [4.78, 5) is 30.2. The summed E-state index contributed by atoms with van der Waals surface area (Å²) < 4.78 is 13.0. The Kier molecular flexibility index (Phi) is 5.52. The van der Waals surface area contributed by atoms with Crippen LogP contribution in [-0.2, 0) is 29.7 Å². The number of carbonyl (C=O) groups is 1. The molecule has 0 saturated heterocycles. The molecular weight excluding hydrogens is 404 g/mol. The predicted molar refractivity (Wildman–Crippen MR) is 120 cm³/mol. The largest absolute Gasteiger partial charge is 0.481 e. The van der Waals surface area contributed by atoms with Crippen molar-refractivity contribution in [3.05, 3.63) is 93.7 Å². The van der Waals surface area contributed by atoms with Crippen LogP contribution < -0.4 is 10.3 Å². The Bertz CT molecular complexity index is 1170. The monoisotopic (exact) mass is 430 g/mol. The molecule has 3 aromatic rings. The van der Waals surface area contributed by atoms with Gasteiger partial charge >= 0.3 is 11.5 Å². The van der Waals surface area contributed by atoms with Crippen molar-refractivity contribution in [3.63, 3.8) is 0 Å². The summed E-state index contributed by atoms with van der Waals surface area (Å²) in [6, 6.07) is 20.0. The molecule has 1 aromatic heterocycles. The number of hydrogen-bond acceptors (Lipinski definition) is 5. The minimum Gasteiger partial charge on any atom is -0.481 e. The first-order valence-corrected chi connectivity index (χ1v) is 11.2. The van der Waals surface area contributed by atoms with Gasteiger partial charge in [0.2, 0.25) is 5.75 Å². The number of nitrogens with zero attached hydrogens (tertiary/aromatic N) is 2. The molecule has 2 aliphatic rings. The van der Waals surface area contributed by atoms with Crippen LogP contribution in [-0.4, -0.2) is 22.1 Å². The summed E-state index contributed by atoms with van der Waals surface area (Å²) >= 11 is 0. The Morgan fingerprint density at radius 2 is 1.66 bits per heavy atom. The molecule has 6 heteroatoms. The van der Waals surface area contributed by atoms with E-state index in [1.807, 2.05) is 41.0 Å². The Balaban J connectivity index is 1.54. The number of hydrogen-bond donors (Lipinski definition) is 0. The standard InChI is InChI=1S/C26H26N2O4/c29-24-23(32-18-19-9-3-1-4-10-19)22-25(30)31-16-15-28(22)21(27-24)17-26(13-7-8-14-26)20-11-5-2-6-12-20/h1-6,9-12H,7-8,13-18H2. The second-order valence-electron chi connectivity index (χ2n) is 8.60. The zero-order valence-corrected chi connectivity index (χ0v) is 18.0. The molecule has 2 aromatic carbocycles. The van der Waals surface area contributed by atoms with E-state index in [0.29, 0.717) is 18.8 Å². The topological polar surface area (TPSA) is 70.4 Å². The minimum absolute atomic E-state index is 0.0255. The average Bonchev–Trinajstić information content (AvgIpc) is 3.30. The third-order valence-electron chi connectivity index (χ3n) is 6.63. The highest BCUT2D eigenvalue weighted by molar-refractivity contribution is 5.91.